The van der Waals surface area contributed by atoms with E-state index >= 15 is 0 Å². The third-order valence-electron chi connectivity index (χ3n) is 4.49. The quantitative estimate of drug-likeness (QED) is 0.491. The number of sulfonamides is 1. The van der Waals surface area contributed by atoms with E-state index in [1.165, 1.54) is 28.6 Å². The maximum absolute atomic E-state index is 13.7. The number of benzene rings is 2. The molecule has 1 heterocycles. The van der Waals surface area contributed by atoms with Gasteiger partial charge in [-0.2, -0.15) is 8.70 Å². The zero-order valence-corrected chi connectivity index (χ0v) is 16.1. The van der Waals surface area contributed by atoms with Gasteiger partial charge in [-0.25, -0.2) is 17.2 Å². The second-order valence-corrected chi connectivity index (χ2v) is 8.36. The molecule has 2 amide bonds. The van der Waals surface area contributed by atoms with Crippen molar-refractivity contribution in [2.24, 2.45) is 0 Å². The number of carbonyl (C=O) groups excluding carboxylic acids is 2. The Hall–Kier alpha value is -3.12. The fourth-order valence-electron chi connectivity index (χ4n) is 2.86. The summed E-state index contributed by atoms with van der Waals surface area (Å²) >= 11 is 0. The number of halogens is 3. The van der Waals surface area contributed by atoms with E-state index in [2.05, 4.69) is 0 Å². The van der Waals surface area contributed by atoms with Crippen molar-refractivity contribution in [3.05, 3.63) is 58.9 Å². The lowest BCUT2D eigenvalue weighted by molar-refractivity contribution is 0.0843. The number of hydrogen-bond acceptors (Lipinski definition) is 5. The predicted molar refractivity (Wildman–Crippen MR) is 97.3 cm³/mol. The highest BCUT2D eigenvalue weighted by molar-refractivity contribution is 7.89. The monoisotopic (exact) mass is 443 g/mol. The zero-order valence-electron chi connectivity index (χ0n) is 15.3. The summed E-state index contributed by atoms with van der Waals surface area (Å²) in [5.41, 5.74) is 2.67. The minimum atomic E-state index is -3.66. The minimum Gasteiger partial charge on any atom is -0.503 e. The number of nitrogens with one attached hydrogen (secondary N) is 2. The molecule has 160 valence electrons. The van der Waals surface area contributed by atoms with Crippen LogP contribution in [0.3, 0.4) is 0 Å². The van der Waals surface area contributed by atoms with Crippen molar-refractivity contribution >= 4 is 21.8 Å². The van der Waals surface area contributed by atoms with E-state index in [0.717, 1.165) is 12.8 Å². The van der Waals surface area contributed by atoms with Gasteiger partial charge in [0.15, 0.2) is 17.4 Å². The molecule has 0 spiro atoms. The number of phenols is 1. The van der Waals surface area contributed by atoms with Crippen LogP contribution in [-0.4, -0.2) is 42.7 Å². The van der Waals surface area contributed by atoms with E-state index < -0.39 is 50.6 Å². The van der Waals surface area contributed by atoms with Gasteiger partial charge in [0.2, 0.25) is 15.8 Å². The van der Waals surface area contributed by atoms with Crippen molar-refractivity contribution in [1.29, 1.82) is 0 Å². The van der Waals surface area contributed by atoms with Crippen molar-refractivity contribution in [3.8, 4) is 5.75 Å². The van der Waals surface area contributed by atoms with E-state index in [9.17, 15) is 31.2 Å². The van der Waals surface area contributed by atoms with E-state index in [-0.39, 0.29) is 16.5 Å². The van der Waals surface area contributed by atoms with Gasteiger partial charge in [0.05, 0.1) is 10.5 Å². The number of carbonyl (C=O) groups is 2. The molecule has 12 heteroatoms. The van der Waals surface area contributed by atoms with Crippen LogP contribution in [0, 0.1) is 17.5 Å². The summed E-state index contributed by atoms with van der Waals surface area (Å²) < 4.78 is 66.3. The molecule has 3 N–H and O–H groups in total. The van der Waals surface area contributed by atoms with Crippen LogP contribution in [0.15, 0.2) is 35.2 Å². The standard InChI is InChI=1S/C18H16F3N3O5S/c19-13-9-12(14(20)16(25)15(13)21)18(27)23-22-17(26)10-3-5-11(6-4-10)30(28,29)24-7-1-2-8-24/h3-6,9,25H,1-2,7-8H2,(H,22,26)(H,23,27). The van der Waals surface area contributed by atoms with Crippen molar-refractivity contribution in [1.82, 2.24) is 15.2 Å². The van der Waals surface area contributed by atoms with Gasteiger partial charge in [0, 0.05) is 18.7 Å². The third-order valence-corrected chi connectivity index (χ3v) is 6.40. The third kappa shape index (κ3) is 4.09. The number of amides is 2. The summed E-state index contributed by atoms with van der Waals surface area (Å²) in [6.45, 7) is 0.847. The van der Waals surface area contributed by atoms with Gasteiger partial charge in [0.25, 0.3) is 11.8 Å². The minimum absolute atomic E-state index is 0.00400. The van der Waals surface area contributed by atoms with Gasteiger partial charge >= 0.3 is 0 Å². The fraction of sp³-hybridized carbons (Fsp3) is 0.222. The fourth-order valence-corrected chi connectivity index (χ4v) is 4.38. The second kappa shape index (κ2) is 8.32. The Labute approximate surface area is 169 Å². The molecule has 0 aliphatic carbocycles. The number of aromatic hydroxyl groups is 1. The molecule has 0 aromatic heterocycles. The SMILES string of the molecule is O=C(NNC(=O)c1cc(F)c(F)c(O)c1F)c1ccc(S(=O)(=O)N2CCCC2)cc1. The Balaban J connectivity index is 1.68. The summed E-state index contributed by atoms with van der Waals surface area (Å²) in [6.07, 6.45) is 1.55. The van der Waals surface area contributed by atoms with Crippen LogP contribution in [0.4, 0.5) is 13.2 Å². The van der Waals surface area contributed by atoms with Crippen LogP contribution in [0.25, 0.3) is 0 Å². The summed E-state index contributed by atoms with van der Waals surface area (Å²) in [4.78, 5) is 24.0. The van der Waals surface area contributed by atoms with Gasteiger partial charge in [-0.3, -0.25) is 20.4 Å². The summed E-state index contributed by atoms with van der Waals surface area (Å²) in [5, 5.41) is 9.13. The first-order chi connectivity index (χ1) is 14.1. The summed E-state index contributed by atoms with van der Waals surface area (Å²) in [6, 6.07) is 5.13. The van der Waals surface area contributed by atoms with Gasteiger partial charge in [-0.1, -0.05) is 0 Å². The van der Waals surface area contributed by atoms with Crippen LogP contribution in [0.1, 0.15) is 33.6 Å². The Morgan fingerprint density at radius 1 is 0.933 bits per heavy atom. The zero-order chi connectivity index (χ0) is 22.1. The molecule has 1 aliphatic heterocycles. The lowest BCUT2D eigenvalue weighted by Gasteiger charge is -2.15. The van der Waals surface area contributed by atoms with E-state index in [1.807, 2.05) is 5.43 Å². The van der Waals surface area contributed by atoms with E-state index in [4.69, 9.17) is 5.11 Å². The molecule has 3 rings (SSSR count). The van der Waals surface area contributed by atoms with Crippen LogP contribution >= 0.6 is 0 Å². The molecule has 0 radical (unpaired) electrons. The van der Waals surface area contributed by atoms with Crippen LogP contribution in [0.5, 0.6) is 5.75 Å². The molecule has 1 fully saturated rings. The Morgan fingerprint density at radius 3 is 2.10 bits per heavy atom. The molecule has 0 saturated carbocycles. The maximum Gasteiger partial charge on any atom is 0.272 e. The van der Waals surface area contributed by atoms with Crippen LogP contribution in [-0.2, 0) is 10.0 Å². The second-order valence-electron chi connectivity index (χ2n) is 6.43. The smallest absolute Gasteiger partial charge is 0.272 e. The van der Waals surface area contributed by atoms with E-state index in [0.29, 0.717) is 13.1 Å². The highest BCUT2D eigenvalue weighted by Gasteiger charge is 2.27. The van der Waals surface area contributed by atoms with Crippen molar-refractivity contribution in [3.63, 3.8) is 0 Å². The Kier molecular flexibility index (Phi) is 5.99. The number of phenolic OH excluding ortho intramolecular Hbond substituents is 1. The van der Waals surface area contributed by atoms with Gasteiger partial charge in [-0.15, -0.1) is 0 Å². The first kappa shape index (κ1) is 21.6. The molecular weight excluding hydrogens is 427 g/mol. The first-order valence-corrected chi connectivity index (χ1v) is 10.1. The molecule has 0 bridgehead atoms. The number of hydrazine groups is 1. The lowest BCUT2D eigenvalue weighted by Crippen LogP contribution is -2.42. The number of nitrogens with zero attached hydrogens (tertiary/aromatic N) is 1. The van der Waals surface area contributed by atoms with E-state index in [1.54, 1.807) is 5.43 Å². The van der Waals surface area contributed by atoms with Gasteiger partial charge in [-0.05, 0) is 43.2 Å². The molecule has 0 unspecified atom stereocenters. The average Bonchev–Trinajstić information content (AvgIpc) is 3.28. The molecule has 2 aromatic rings. The highest BCUT2D eigenvalue weighted by Crippen LogP contribution is 2.25. The summed E-state index contributed by atoms with van der Waals surface area (Å²) in [5.74, 6) is -9.08. The predicted octanol–water partition coefficient (Wildman–Crippen LogP) is 1.67. The average molecular weight is 443 g/mol. The molecular formula is C18H16F3N3O5S. The largest absolute Gasteiger partial charge is 0.503 e. The Bertz CT molecular complexity index is 1100. The van der Waals surface area contributed by atoms with Gasteiger partial charge < -0.3 is 5.11 Å². The van der Waals surface area contributed by atoms with Crippen LogP contribution < -0.4 is 10.9 Å². The summed E-state index contributed by atoms with van der Waals surface area (Å²) in [7, 11) is -3.66. The Morgan fingerprint density at radius 2 is 1.50 bits per heavy atom. The molecule has 2 aromatic carbocycles. The number of hydrogen-bond donors (Lipinski definition) is 3. The highest BCUT2D eigenvalue weighted by atomic mass is 32.2. The lowest BCUT2D eigenvalue weighted by atomic mass is 10.1. The molecule has 8 nitrogen and oxygen atoms in total. The normalized spacial score (nSPS) is 14.5. The van der Waals surface area contributed by atoms with Crippen molar-refractivity contribution < 1.29 is 36.3 Å². The van der Waals surface area contributed by atoms with Crippen LogP contribution in [0.2, 0.25) is 0 Å². The maximum atomic E-state index is 13.7. The topological polar surface area (TPSA) is 116 Å². The molecule has 0 atom stereocenters. The molecule has 30 heavy (non-hydrogen) atoms. The van der Waals surface area contributed by atoms with Crippen molar-refractivity contribution in [2.75, 3.05) is 13.1 Å². The van der Waals surface area contributed by atoms with Crippen molar-refractivity contribution in [2.45, 2.75) is 17.7 Å². The van der Waals surface area contributed by atoms with Gasteiger partial charge in [0.1, 0.15) is 0 Å². The number of rotatable bonds is 4. The molecule has 1 aliphatic rings. The first-order valence-electron chi connectivity index (χ1n) is 8.70. The molecule has 1 saturated heterocycles.